The van der Waals surface area contributed by atoms with Crippen molar-refractivity contribution in [3.8, 4) is 0 Å². The number of unbranched alkanes of at least 4 members (excludes halogenated alkanes) is 12. The molecule has 0 radical (unpaired) electrons. The maximum absolute atomic E-state index is 12.8. The van der Waals surface area contributed by atoms with Gasteiger partial charge in [0.2, 0.25) is 0 Å². The highest BCUT2D eigenvalue weighted by Gasteiger charge is 2.42. The van der Waals surface area contributed by atoms with Crippen molar-refractivity contribution < 1.29 is 27.9 Å². The van der Waals surface area contributed by atoms with Crippen LogP contribution in [0.25, 0.3) is 0 Å². The summed E-state index contributed by atoms with van der Waals surface area (Å²) in [5, 5.41) is 0. The van der Waals surface area contributed by atoms with Crippen LogP contribution in [0.4, 0.5) is 0 Å². The molecule has 0 bridgehead atoms. The topological polar surface area (TPSA) is 65.0 Å². The molecule has 0 aromatic rings. The molecule has 0 aliphatic heterocycles. The molecule has 0 fully saturated rings. The molecule has 2 unspecified atom stereocenters. The van der Waals surface area contributed by atoms with Gasteiger partial charge in [0, 0.05) is 20.1 Å². The van der Waals surface area contributed by atoms with Gasteiger partial charge in [0.25, 0.3) is 0 Å². The Labute approximate surface area is 224 Å². The smallest absolute Gasteiger partial charge is 0.379 e. The van der Waals surface area contributed by atoms with Crippen LogP contribution >= 0.6 is 7.60 Å². The highest BCUT2D eigenvalue weighted by molar-refractivity contribution is 7.53. The average molecular weight is 535 g/mol. The van der Waals surface area contributed by atoms with E-state index in [1.807, 2.05) is 28.1 Å². The fourth-order valence-corrected chi connectivity index (χ4v) is 6.38. The fourth-order valence-electron chi connectivity index (χ4n) is 4.37. The van der Waals surface area contributed by atoms with Crippen LogP contribution in [0.5, 0.6) is 0 Å². The van der Waals surface area contributed by atoms with E-state index in [0.717, 1.165) is 25.7 Å². The van der Waals surface area contributed by atoms with Crippen molar-refractivity contribution >= 4 is 7.60 Å². The lowest BCUT2D eigenvalue weighted by Gasteiger charge is -2.36. The zero-order valence-electron chi connectivity index (χ0n) is 24.7. The Bertz CT molecular complexity index is 564. The average Bonchev–Trinajstić information content (AvgIpc) is 2.82. The third-order valence-electron chi connectivity index (χ3n) is 6.70. The van der Waals surface area contributed by atoms with Crippen molar-refractivity contribution in [2.24, 2.45) is 0 Å². The van der Waals surface area contributed by atoms with E-state index in [0.29, 0.717) is 24.1 Å². The first-order valence-corrected chi connectivity index (χ1v) is 16.4. The maximum atomic E-state index is 12.8. The number of ether oxygens (including phenoxy) is 2. The second-order valence-corrected chi connectivity index (χ2v) is 13.1. The number of hydrogen-bond donors (Lipinski definition) is 1. The van der Waals surface area contributed by atoms with Crippen molar-refractivity contribution in [3.63, 3.8) is 0 Å². The molecule has 0 rings (SSSR count). The Kier molecular flexibility index (Phi) is 22.6. The van der Waals surface area contributed by atoms with Gasteiger partial charge in [-0.05, 0) is 38.5 Å². The number of hydrogen-bond acceptors (Lipinski definition) is 4. The SMILES string of the molecule is CCCCCCCCCCC/C=C\CCCCCOC[C@H](COP(=O)(O)C(CCC)[N+](C)(C)C)OC. The largest absolute Gasteiger partial charge is 0.385 e. The zero-order valence-corrected chi connectivity index (χ0v) is 25.6. The monoisotopic (exact) mass is 534 g/mol. The standard InChI is InChI=1S/C29H60NO5P/c1-7-9-10-11-12-13-14-15-16-17-18-19-20-21-22-23-25-34-26-28(33-6)27-35-36(31,32)29(24-8-2)30(3,4)5/h18-19,28-29H,7-17,20-27H2,1-6H3/p+1/b19-18-/t28-,29?/m1/s1. The molecule has 0 heterocycles. The van der Waals surface area contributed by atoms with Gasteiger partial charge in [0.05, 0.1) is 34.4 Å². The van der Waals surface area contributed by atoms with Crippen LogP contribution in [0.3, 0.4) is 0 Å². The van der Waals surface area contributed by atoms with E-state index in [2.05, 4.69) is 19.1 Å². The Balaban J connectivity index is 3.77. The Morgan fingerprint density at radius 2 is 1.31 bits per heavy atom. The van der Waals surface area contributed by atoms with Crippen LogP contribution < -0.4 is 0 Å². The quantitative estimate of drug-likeness (QED) is 0.0526. The van der Waals surface area contributed by atoms with Crippen molar-refractivity contribution in [3.05, 3.63) is 12.2 Å². The molecule has 0 aliphatic carbocycles. The van der Waals surface area contributed by atoms with Crippen LogP contribution in [0, 0.1) is 0 Å². The van der Waals surface area contributed by atoms with E-state index in [1.54, 1.807) is 7.11 Å². The first-order valence-electron chi connectivity index (χ1n) is 14.7. The van der Waals surface area contributed by atoms with E-state index in [1.165, 1.54) is 70.6 Å². The second-order valence-electron chi connectivity index (χ2n) is 11.1. The predicted octanol–water partition coefficient (Wildman–Crippen LogP) is 8.09. The fraction of sp³-hybridized carbons (Fsp3) is 0.931. The number of quaternary nitrogens is 1. The molecule has 7 heteroatoms. The van der Waals surface area contributed by atoms with Crippen LogP contribution in [-0.4, -0.2) is 69.3 Å². The van der Waals surface area contributed by atoms with Crippen LogP contribution in [-0.2, 0) is 18.6 Å². The van der Waals surface area contributed by atoms with Gasteiger partial charge in [-0.2, -0.15) is 0 Å². The number of allylic oxidation sites excluding steroid dienone is 2. The number of rotatable bonds is 26. The van der Waals surface area contributed by atoms with Crippen molar-refractivity contribution in [1.82, 2.24) is 0 Å². The Morgan fingerprint density at radius 1 is 0.778 bits per heavy atom. The number of methoxy groups -OCH3 is 1. The first-order chi connectivity index (χ1) is 17.2. The lowest BCUT2D eigenvalue weighted by molar-refractivity contribution is -0.883. The van der Waals surface area contributed by atoms with Crippen LogP contribution in [0.15, 0.2) is 12.2 Å². The summed E-state index contributed by atoms with van der Waals surface area (Å²) in [6.07, 6.45) is 24.0. The summed E-state index contributed by atoms with van der Waals surface area (Å²) in [4.78, 5) is 10.5. The summed E-state index contributed by atoms with van der Waals surface area (Å²) in [7, 11) is 3.61. The third kappa shape index (κ3) is 19.8. The molecule has 0 aromatic carbocycles. The minimum atomic E-state index is -3.76. The lowest BCUT2D eigenvalue weighted by atomic mass is 10.1. The van der Waals surface area contributed by atoms with Gasteiger partial charge in [0.1, 0.15) is 6.10 Å². The van der Waals surface area contributed by atoms with Crippen molar-refractivity contribution in [2.75, 3.05) is 48.1 Å². The van der Waals surface area contributed by atoms with Crippen LogP contribution in [0.1, 0.15) is 117 Å². The summed E-state index contributed by atoms with van der Waals surface area (Å²) in [5.41, 5.74) is 0. The highest BCUT2D eigenvalue weighted by Crippen LogP contribution is 2.51. The van der Waals surface area contributed by atoms with Crippen molar-refractivity contribution in [2.45, 2.75) is 128 Å². The van der Waals surface area contributed by atoms with E-state index in [9.17, 15) is 9.46 Å². The predicted molar refractivity (Wildman–Crippen MR) is 154 cm³/mol. The first kappa shape index (κ1) is 35.8. The van der Waals surface area contributed by atoms with Gasteiger partial charge in [0.15, 0.2) is 5.78 Å². The molecule has 36 heavy (non-hydrogen) atoms. The summed E-state index contributed by atoms with van der Waals surface area (Å²) in [6, 6.07) is 0. The minimum Gasteiger partial charge on any atom is -0.379 e. The summed E-state index contributed by atoms with van der Waals surface area (Å²) in [6.45, 7) is 5.40. The summed E-state index contributed by atoms with van der Waals surface area (Å²) in [5.74, 6) is -0.444. The van der Waals surface area contributed by atoms with Gasteiger partial charge < -0.3 is 23.4 Å². The van der Waals surface area contributed by atoms with E-state index in [-0.39, 0.29) is 12.7 Å². The van der Waals surface area contributed by atoms with Crippen molar-refractivity contribution in [1.29, 1.82) is 0 Å². The van der Waals surface area contributed by atoms with Gasteiger partial charge in [-0.3, -0.25) is 4.57 Å². The molecule has 0 spiro atoms. The molecule has 1 N–H and O–H groups in total. The highest BCUT2D eigenvalue weighted by atomic mass is 31.2. The molecule has 3 atom stereocenters. The maximum Gasteiger partial charge on any atom is 0.385 e. The minimum absolute atomic E-state index is 0.0637. The molecule has 0 amide bonds. The van der Waals surface area contributed by atoms with Gasteiger partial charge >= 0.3 is 7.60 Å². The lowest BCUT2D eigenvalue weighted by Crippen LogP contribution is -2.45. The van der Waals surface area contributed by atoms with E-state index in [4.69, 9.17) is 14.0 Å². The Morgan fingerprint density at radius 3 is 1.81 bits per heavy atom. The van der Waals surface area contributed by atoms with Gasteiger partial charge in [-0.1, -0.05) is 83.8 Å². The Hall–Kier alpha value is -0.230. The molecule has 0 aliphatic rings. The molecule has 6 nitrogen and oxygen atoms in total. The third-order valence-corrected chi connectivity index (χ3v) is 8.92. The number of nitrogens with zero attached hydrogens (tertiary/aromatic N) is 1. The molecule has 0 saturated carbocycles. The molecular formula is C29H61NO5P+. The molecule has 0 saturated heterocycles. The van der Waals surface area contributed by atoms with Crippen LogP contribution in [0.2, 0.25) is 0 Å². The van der Waals surface area contributed by atoms with E-state index < -0.39 is 13.4 Å². The molecule has 216 valence electrons. The second kappa shape index (κ2) is 22.7. The summed E-state index contributed by atoms with van der Waals surface area (Å²) >= 11 is 0. The molecular weight excluding hydrogens is 473 g/mol. The van der Waals surface area contributed by atoms with Gasteiger partial charge in [-0.25, -0.2) is 0 Å². The normalized spacial score (nSPS) is 15.9. The van der Waals surface area contributed by atoms with E-state index >= 15 is 0 Å². The zero-order chi connectivity index (χ0) is 27.1. The summed E-state index contributed by atoms with van der Waals surface area (Å²) < 4.78 is 29.9. The van der Waals surface area contributed by atoms with Gasteiger partial charge in [-0.15, -0.1) is 0 Å². The molecule has 0 aromatic heterocycles.